The number of hydrogen-bond donors (Lipinski definition) is 5. The van der Waals surface area contributed by atoms with Crippen molar-refractivity contribution < 1.29 is 19.4 Å². The summed E-state index contributed by atoms with van der Waals surface area (Å²) in [6.07, 6.45) is 4.77. The number of carbonyl (C=O) groups excluding carboxylic acids is 1. The molecule has 7 N–H and O–H groups in total. The summed E-state index contributed by atoms with van der Waals surface area (Å²) >= 11 is 0. The highest BCUT2D eigenvalue weighted by Crippen LogP contribution is 2.17. The molecular formula is C22H25N7O5. The third-order valence-corrected chi connectivity index (χ3v) is 4.71. The van der Waals surface area contributed by atoms with Gasteiger partial charge in [0.1, 0.15) is 11.4 Å². The first-order valence-corrected chi connectivity index (χ1v) is 10.4. The molecule has 3 rings (SSSR count). The lowest BCUT2D eigenvalue weighted by molar-refractivity contribution is -0.137. The molecule has 34 heavy (non-hydrogen) atoms. The van der Waals surface area contributed by atoms with E-state index in [0.29, 0.717) is 36.4 Å². The molecule has 0 radical (unpaired) electrons. The first-order valence-electron chi connectivity index (χ1n) is 10.4. The zero-order valence-corrected chi connectivity index (χ0v) is 18.2. The van der Waals surface area contributed by atoms with Gasteiger partial charge in [0, 0.05) is 30.9 Å². The van der Waals surface area contributed by atoms with Crippen LogP contribution in [0.1, 0.15) is 24.4 Å². The van der Waals surface area contributed by atoms with Crippen LogP contribution in [0, 0.1) is 0 Å². The Kier molecular flexibility index (Phi) is 8.00. The Morgan fingerprint density at radius 3 is 2.71 bits per heavy atom. The molecule has 0 saturated heterocycles. The lowest BCUT2D eigenvalue weighted by Crippen LogP contribution is -2.35. The molecule has 0 bridgehead atoms. The minimum absolute atomic E-state index is 0.0102. The lowest BCUT2D eigenvalue weighted by Gasteiger charge is -2.17. The van der Waals surface area contributed by atoms with Crippen LogP contribution in [0.25, 0.3) is 5.52 Å². The smallest absolute Gasteiger partial charge is 0.319 e. The van der Waals surface area contributed by atoms with Gasteiger partial charge >= 0.3 is 12.0 Å². The fourth-order valence-corrected chi connectivity index (χ4v) is 3.14. The molecule has 3 aromatic heterocycles. The number of guanidine groups is 1. The van der Waals surface area contributed by atoms with Crippen LogP contribution in [0.3, 0.4) is 0 Å². The number of amides is 2. The van der Waals surface area contributed by atoms with Gasteiger partial charge in [-0.15, -0.1) is 0 Å². The minimum atomic E-state index is -1.09. The number of aromatic nitrogens is 2. The number of aliphatic imine (C=N–C) groups is 1. The number of aliphatic carboxylic acids is 1. The van der Waals surface area contributed by atoms with Gasteiger partial charge in [-0.05, 0) is 35.9 Å². The number of nitrogens with two attached hydrogens (primary N) is 2. The number of hydrogen-bond acceptors (Lipinski definition) is 6. The van der Waals surface area contributed by atoms with Gasteiger partial charge in [0.2, 0.25) is 0 Å². The van der Waals surface area contributed by atoms with Crippen LogP contribution in [0.15, 0.2) is 64.8 Å². The Hall–Kier alpha value is -4.61. The summed E-state index contributed by atoms with van der Waals surface area (Å²) < 4.78 is 6.98. The van der Waals surface area contributed by atoms with Gasteiger partial charge < -0.3 is 31.9 Å². The molecule has 0 aliphatic rings. The standard InChI is InChI=1S/C22H25N7O5/c23-21(24)26-9-2-10-34-16-6-4-15-5-7-17(20(32)29(15)13-16)27-22(33)28-18(11-19(30)31)14-3-1-8-25-12-14/h1,3-8,12-13,18H,2,9-11H2,(H,30,31)(H4,23,24,26)(H2,27,28,33). The van der Waals surface area contributed by atoms with Crippen molar-refractivity contribution in [1.29, 1.82) is 0 Å². The predicted molar refractivity (Wildman–Crippen MR) is 126 cm³/mol. The van der Waals surface area contributed by atoms with E-state index < -0.39 is 23.6 Å². The Bertz CT molecular complexity index is 1240. The van der Waals surface area contributed by atoms with Crippen molar-refractivity contribution in [3.8, 4) is 5.75 Å². The molecule has 0 fully saturated rings. The van der Waals surface area contributed by atoms with Gasteiger partial charge in [0.05, 0.1) is 25.3 Å². The normalized spacial score (nSPS) is 11.4. The maximum absolute atomic E-state index is 12.9. The maximum Gasteiger partial charge on any atom is 0.319 e. The summed E-state index contributed by atoms with van der Waals surface area (Å²) in [5.41, 5.74) is 11.2. The first kappa shape index (κ1) is 24.0. The highest BCUT2D eigenvalue weighted by Gasteiger charge is 2.19. The van der Waals surface area contributed by atoms with Crippen LogP contribution >= 0.6 is 0 Å². The Morgan fingerprint density at radius 2 is 2.00 bits per heavy atom. The molecule has 1 unspecified atom stereocenters. The van der Waals surface area contributed by atoms with Crippen molar-refractivity contribution >= 4 is 29.2 Å². The number of anilines is 1. The molecule has 12 nitrogen and oxygen atoms in total. The number of carboxylic acid groups (broad SMARTS) is 1. The van der Waals surface area contributed by atoms with E-state index in [2.05, 4.69) is 20.6 Å². The second kappa shape index (κ2) is 11.3. The summed E-state index contributed by atoms with van der Waals surface area (Å²) in [7, 11) is 0. The van der Waals surface area contributed by atoms with E-state index >= 15 is 0 Å². The molecule has 3 aromatic rings. The maximum atomic E-state index is 12.9. The van der Waals surface area contributed by atoms with E-state index in [4.69, 9.17) is 16.2 Å². The molecule has 0 aromatic carbocycles. The first-order chi connectivity index (χ1) is 16.3. The second-order valence-electron chi connectivity index (χ2n) is 7.26. The summed E-state index contributed by atoms with van der Waals surface area (Å²) in [6.45, 7) is 0.762. The third-order valence-electron chi connectivity index (χ3n) is 4.71. The molecule has 178 valence electrons. The van der Waals surface area contributed by atoms with Crippen molar-refractivity contribution in [2.24, 2.45) is 16.5 Å². The van der Waals surface area contributed by atoms with Gasteiger partial charge in [-0.25, -0.2) is 4.79 Å². The number of ether oxygens (including phenoxy) is 1. The molecule has 2 amide bonds. The van der Waals surface area contributed by atoms with Crippen LogP contribution in [0.4, 0.5) is 10.5 Å². The SMILES string of the molecule is NC(N)=NCCCOc1ccc2ccc(NC(=O)NC(CC(=O)O)c3cccnc3)c(=O)n2c1. The predicted octanol–water partition coefficient (Wildman–Crippen LogP) is 1.07. The Morgan fingerprint density at radius 1 is 1.21 bits per heavy atom. The van der Waals surface area contributed by atoms with Gasteiger partial charge in [0.15, 0.2) is 5.96 Å². The molecule has 3 heterocycles. The quantitative estimate of drug-likeness (QED) is 0.166. The average molecular weight is 467 g/mol. The van der Waals surface area contributed by atoms with Crippen LogP contribution in [0.2, 0.25) is 0 Å². The van der Waals surface area contributed by atoms with E-state index in [1.54, 1.807) is 36.5 Å². The van der Waals surface area contributed by atoms with Crippen LogP contribution < -0.4 is 32.4 Å². The van der Waals surface area contributed by atoms with Crippen molar-refractivity contribution in [3.05, 3.63) is 70.9 Å². The summed E-state index contributed by atoms with van der Waals surface area (Å²) in [5, 5.41) is 14.2. The van der Waals surface area contributed by atoms with Gasteiger partial charge in [-0.3, -0.25) is 24.0 Å². The highest BCUT2D eigenvalue weighted by atomic mass is 16.5. The molecule has 0 aliphatic carbocycles. The number of nitrogens with zero attached hydrogens (tertiary/aromatic N) is 3. The number of rotatable bonds is 10. The van der Waals surface area contributed by atoms with E-state index in [1.165, 1.54) is 22.9 Å². The molecular weight excluding hydrogens is 442 g/mol. The van der Waals surface area contributed by atoms with E-state index in [-0.39, 0.29) is 18.1 Å². The Labute approximate surface area is 194 Å². The van der Waals surface area contributed by atoms with Crippen LogP contribution in [-0.4, -0.2) is 45.6 Å². The van der Waals surface area contributed by atoms with Crippen molar-refractivity contribution in [2.75, 3.05) is 18.5 Å². The summed E-state index contributed by atoms with van der Waals surface area (Å²) in [6, 6.07) is 8.32. The molecule has 0 spiro atoms. The fourth-order valence-electron chi connectivity index (χ4n) is 3.14. The highest BCUT2D eigenvalue weighted by molar-refractivity contribution is 5.89. The minimum Gasteiger partial charge on any atom is -0.492 e. The van der Waals surface area contributed by atoms with E-state index in [1.807, 2.05) is 0 Å². The zero-order valence-electron chi connectivity index (χ0n) is 18.2. The van der Waals surface area contributed by atoms with Crippen molar-refractivity contribution in [3.63, 3.8) is 0 Å². The molecule has 0 saturated carbocycles. The van der Waals surface area contributed by atoms with Crippen LogP contribution in [-0.2, 0) is 4.79 Å². The van der Waals surface area contributed by atoms with Crippen molar-refractivity contribution in [1.82, 2.24) is 14.7 Å². The van der Waals surface area contributed by atoms with Crippen molar-refractivity contribution in [2.45, 2.75) is 18.9 Å². The fraction of sp³-hybridized carbons (Fsp3) is 0.227. The van der Waals surface area contributed by atoms with E-state index in [9.17, 15) is 19.5 Å². The summed E-state index contributed by atoms with van der Waals surface area (Å²) in [4.78, 5) is 44.5. The monoisotopic (exact) mass is 467 g/mol. The number of pyridine rings is 3. The van der Waals surface area contributed by atoms with Gasteiger partial charge in [-0.1, -0.05) is 6.07 Å². The average Bonchev–Trinajstić information content (AvgIpc) is 2.80. The molecule has 12 heteroatoms. The van der Waals surface area contributed by atoms with Gasteiger partial charge in [0.25, 0.3) is 5.56 Å². The summed E-state index contributed by atoms with van der Waals surface area (Å²) in [5.74, 6) is -0.624. The molecule has 0 aliphatic heterocycles. The topological polar surface area (TPSA) is 186 Å². The number of carbonyl (C=O) groups is 2. The Balaban J connectivity index is 1.71. The zero-order chi connectivity index (χ0) is 24.5. The van der Waals surface area contributed by atoms with Gasteiger partial charge in [-0.2, -0.15) is 0 Å². The lowest BCUT2D eigenvalue weighted by atomic mass is 10.1. The number of fused-ring (bicyclic) bond motifs is 1. The largest absolute Gasteiger partial charge is 0.492 e. The number of urea groups is 1. The molecule has 1 atom stereocenters. The van der Waals surface area contributed by atoms with Crippen LogP contribution in [0.5, 0.6) is 5.75 Å². The number of nitrogens with one attached hydrogen (secondary N) is 2. The number of carboxylic acids is 1. The van der Waals surface area contributed by atoms with E-state index in [0.717, 1.165) is 0 Å². The third kappa shape index (κ3) is 6.69. The second-order valence-corrected chi connectivity index (χ2v) is 7.26.